The lowest BCUT2D eigenvalue weighted by molar-refractivity contribution is 0.0936. The van der Waals surface area contributed by atoms with E-state index in [2.05, 4.69) is 30.4 Å². The van der Waals surface area contributed by atoms with Crippen molar-refractivity contribution in [1.29, 1.82) is 0 Å². The van der Waals surface area contributed by atoms with Gasteiger partial charge in [-0.15, -0.1) is 34.2 Å². The van der Waals surface area contributed by atoms with Gasteiger partial charge in [-0.2, -0.15) is 0 Å². The Kier molecular flexibility index (Phi) is 6.17. The van der Waals surface area contributed by atoms with Crippen LogP contribution in [0, 0.1) is 0 Å². The summed E-state index contributed by atoms with van der Waals surface area (Å²) in [4.78, 5) is 4.25. The Balaban J connectivity index is 0.00000196. The van der Waals surface area contributed by atoms with Crippen molar-refractivity contribution in [3.05, 3.63) is 35.9 Å². The summed E-state index contributed by atoms with van der Waals surface area (Å²) in [5.74, 6) is 4.30. The van der Waals surface area contributed by atoms with Gasteiger partial charge < -0.3 is 24.7 Å². The predicted octanol–water partition coefficient (Wildman–Crippen LogP) is 1.35. The molecule has 0 aliphatic carbocycles. The Hall–Kier alpha value is -2.04. The van der Waals surface area contributed by atoms with Crippen molar-refractivity contribution in [2.75, 3.05) is 20.2 Å². The number of aliphatic imine (C=N–C) groups is 1. The van der Waals surface area contributed by atoms with E-state index in [-0.39, 0.29) is 30.1 Å². The second-order valence-corrected chi connectivity index (χ2v) is 6.09. The zero-order chi connectivity index (χ0) is 17.1. The zero-order valence-electron chi connectivity index (χ0n) is 14.6. The van der Waals surface area contributed by atoms with Crippen LogP contribution in [0.4, 0.5) is 0 Å². The molecule has 0 amide bonds. The molecule has 8 nitrogen and oxygen atoms in total. The molecule has 1 atom stereocenters. The number of benzene rings is 1. The maximum atomic E-state index is 5.94. The standard InChI is InChI=1S/C17H22N6O2.HI/c1-18-17(20-10-16-22-21-15-7-4-8-23(15)16)19-9-12-11-24-13-5-2-3-6-14(13)25-12;/h2-3,5-6,12H,4,7-11H2,1H3,(H2,18,19,20);1H. The number of nitrogens with one attached hydrogen (secondary N) is 2. The third kappa shape index (κ3) is 4.02. The second-order valence-electron chi connectivity index (χ2n) is 6.09. The van der Waals surface area contributed by atoms with Gasteiger partial charge in [-0.1, -0.05) is 12.1 Å². The molecule has 3 heterocycles. The number of aryl methyl sites for hydroxylation is 1. The molecule has 0 saturated heterocycles. The van der Waals surface area contributed by atoms with Crippen LogP contribution in [0.25, 0.3) is 0 Å². The highest BCUT2D eigenvalue weighted by molar-refractivity contribution is 14.0. The van der Waals surface area contributed by atoms with Crippen LogP contribution in [0.15, 0.2) is 29.3 Å². The van der Waals surface area contributed by atoms with E-state index in [1.54, 1.807) is 7.05 Å². The first-order valence-electron chi connectivity index (χ1n) is 8.57. The lowest BCUT2D eigenvalue weighted by atomic mass is 10.2. The van der Waals surface area contributed by atoms with Gasteiger partial charge in [-0.3, -0.25) is 4.99 Å². The lowest BCUT2D eigenvalue weighted by Gasteiger charge is -2.27. The molecular formula is C17H23IN6O2. The molecule has 1 aromatic carbocycles. The van der Waals surface area contributed by atoms with E-state index < -0.39 is 0 Å². The minimum Gasteiger partial charge on any atom is -0.486 e. The lowest BCUT2D eigenvalue weighted by Crippen LogP contribution is -2.45. The van der Waals surface area contributed by atoms with E-state index >= 15 is 0 Å². The Labute approximate surface area is 169 Å². The monoisotopic (exact) mass is 470 g/mol. The van der Waals surface area contributed by atoms with Crippen molar-refractivity contribution < 1.29 is 9.47 Å². The van der Waals surface area contributed by atoms with Gasteiger partial charge in [0.25, 0.3) is 0 Å². The summed E-state index contributed by atoms with van der Waals surface area (Å²) in [5, 5.41) is 15.0. The van der Waals surface area contributed by atoms with Crippen LogP contribution in [-0.2, 0) is 19.5 Å². The highest BCUT2D eigenvalue weighted by Crippen LogP contribution is 2.30. The van der Waals surface area contributed by atoms with E-state index in [9.17, 15) is 0 Å². The van der Waals surface area contributed by atoms with E-state index in [1.165, 1.54) is 0 Å². The van der Waals surface area contributed by atoms with Crippen LogP contribution in [0.2, 0.25) is 0 Å². The summed E-state index contributed by atoms with van der Waals surface area (Å²) in [6.45, 7) is 2.71. The molecule has 0 radical (unpaired) electrons. The Bertz CT molecular complexity index is 778. The van der Waals surface area contributed by atoms with Crippen molar-refractivity contribution in [1.82, 2.24) is 25.4 Å². The normalized spacial score (nSPS) is 18.0. The highest BCUT2D eigenvalue weighted by Gasteiger charge is 2.21. The third-order valence-electron chi connectivity index (χ3n) is 4.39. The Morgan fingerprint density at radius 1 is 1.27 bits per heavy atom. The average molecular weight is 470 g/mol. The number of hydrogen-bond donors (Lipinski definition) is 2. The number of guanidine groups is 1. The Morgan fingerprint density at radius 3 is 2.96 bits per heavy atom. The molecule has 140 valence electrons. The molecule has 0 spiro atoms. The van der Waals surface area contributed by atoms with Crippen LogP contribution in [0.3, 0.4) is 0 Å². The van der Waals surface area contributed by atoms with E-state index in [0.717, 1.165) is 42.5 Å². The van der Waals surface area contributed by atoms with Crippen molar-refractivity contribution in [2.45, 2.75) is 32.0 Å². The highest BCUT2D eigenvalue weighted by atomic mass is 127. The molecular weight excluding hydrogens is 447 g/mol. The molecule has 0 saturated carbocycles. The molecule has 2 aliphatic rings. The number of halogens is 1. The molecule has 1 aromatic heterocycles. The van der Waals surface area contributed by atoms with Gasteiger partial charge in [0.15, 0.2) is 23.3 Å². The topological polar surface area (TPSA) is 85.6 Å². The van der Waals surface area contributed by atoms with Crippen molar-refractivity contribution in [3.8, 4) is 11.5 Å². The first-order chi connectivity index (χ1) is 12.3. The summed E-state index contributed by atoms with van der Waals surface area (Å²) in [5.41, 5.74) is 0. The Morgan fingerprint density at radius 2 is 2.12 bits per heavy atom. The van der Waals surface area contributed by atoms with Crippen molar-refractivity contribution in [3.63, 3.8) is 0 Å². The number of para-hydroxylation sites is 2. The molecule has 2 aliphatic heterocycles. The maximum Gasteiger partial charge on any atom is 0.191 e. The molecule has 2 N–H and O–H groups in total. The number of aromatic nitrogens is 3. The van der Waals surface area contributed by atoms with Crippen LogP contribution < -0.4 is 20.1 Å². The molecule has 4 rings (SSSR count). The zero-order valence-corrected chi connectivity index (χ0v) is 17.0. The second kappa shape index (κ2) is 8.56. The quantitative estimate of drug-likeness (QED) is 0.399. The van der Waals surface area contributed by atoms with Gasteiger partial charge in [0, 0.05) is 20.0 Å². The summed E-state index contributed by atoms with van der Waals surface area (Å²) >= 11 is 0. The predicted molar refractivity (Wildman–Crippen MR) is 108 cm³/mol. The van der Waals surface area contributed by atoms with Crippen molar-refractivity contribution in [2.24, 2.45) is 4.99 Å². The fourth-order valence-corrected chi connectivity index (χ4v) is 3.10. The number of ether oxygens (including phenoxy) is 2. The summed E-state index contributed by atoms with van der Waals surface area (Å²) in [7, 11) is 1.75. The molecule has 9 heteroatoms. The van der Waals surface area contributed by atoms with Crippen molar-refractivity contribution >= 4 is 29.9 Å². The van der Waals surface area contributed by atoms with E-state index in [1.807, 2.05) is 24.3 Å². The molecule has 1 unspecified atom stereocenters. The van der Waals surface area contributed by atoms with Gasteiger partial charge >= 0.3 is 0 Å². The molecule has 0 fully saturated rings. The fourth-order valence-electron chi connectivity index (χ4n) is 3.10. The largest absolute Gasteiger partial charge is 0.486 e. The van der Waals surface area contributed by atoms with Crippen LogP contribution in [0.1, 0.15) is 18.1 Å². The van der Waals surface area contributed by atoms with E-state index in [0.29, 0.717) is 25.7 Å². The molecule has 0 bridgehead atoms. The van der Waals surface area contributed by atoms with Gasteiger partial charge in [-0.25, -0.2) is 0 Å². The fraction of sp³-hybridized carbons (Fsp3) is 0.471. The summed E-state index contributed by atoms with van der Waals surface area (Å²) in [6.07, 6.45) is 2.09. The minimum absolute atomic E-state index is 0. The third-order valence-corrected chi connectivity index (χ3v) is 4.39. The van der Waals surface area contributed by atoms with Crippen LogP contribution >= 0.6 is 24.0 Å². The first-order valence-corrected chi connectivity index (χ1v) is 8.57. The molecule has 26 heavy (non-hydrogen) atoms. The number of nitrogens with zero attached hydrogens (tertiary/aromatic N) is 4. The van der Waals surface area contributed by atoms with Gasteiger partial charge in [-0.05, 0) is 18.6 Å². The first kappa shape index (κ1) is 18.7. The van der Waals surface area contributed by atoms with Crippen LogP contribution in [0.5, 0.6) is 11.5 Å². The SMILES string of the molecule is CN=C(NCc1nnc2n1CCC2)NCC1COc2ccccc2O1.I. The maximum absolute atomic E-state index is 5.94. The molecule has 2 aromatic rings. The van der Waals surface area contributed by atoms with E-state index in [4.69, 9.17) is 9.47 Å². The van der Waals surface area contributed by atoms with Crippen LogP contribution in [-0.4, -0.2) is 47.0 Å². The summed E-state index contributed by atoms with van der Waals surface area (Å²) < 4.78 is 13.8. The number of rotatable bonds is 4. The number of hydrogen-bond acceptors (Lipinski definition) is 5. The van der Waals surface area contributed by atoms with Gasteiger partial charge in [0.05, 0.1) is 13.1 Å². The number of fused-ring (bicyclic) bond motifs is 2. The van der Waals surface area contributed by atoms with Gasteiger partial charge in [0.2, 0.25) is 0 Å². The smallest absolute Gasteiger partial charge is 0.191 e. The van der Waals surface area contributed by atoms with Gasteiger partial charge in [0.1, 0.15) is 18.5 Å². The summed E-state index contributed by atoms with van der Waals surface area (Å²) in [6, 6.07) is 7.71. The minimum atomic E-state index is -0.0641. The average Bonchev–Trinajstić information content (AvgIpc) is 3.26.